The number of nitrogens with one attached hydrogen (secondary N) is 1. The molecule has 0 saturated heterocycles. The minimum atomic E-state index is -0.590. The number of pyridine rings is 1. The lowest BCUT2D eigenvalue weighted by molar-refractivity contribution is -0.142. The Morgan fingerprint density at radius 2 is 2.00 bits per heavy atom. The molecule has 3 rings (SSSR count). The van der Waals surface area contributed by atoms with Crippen molar-refractivity contribution in [3.8, 4) is 11.4 Å². The third kappa shape index (κ3) is 4.63. The van der Waals surface area contributed by atoms with Crippen molar-refractivity contribution in [3.05, 3.63) is 71.9 Å². The highest BCUT2D eigenvalue weighted by molar-refractivity contribution is 5.78. The number of hydrogen-bond acceptors (Lipinski definition) is 6. The molecule has 1 N–H and O–H groups in total. The third-order valence-corrected chi connectivity index (χ3v) is 4.02. The number of aryl methyl sites for hydroxylation is 1. The van der Waals surface area contributed by atoms with Crippen molar-refractivity contribution in [2.75, 3.05) is 19.0 Å². The van der Waals surface area contributed by atoms with Crippen LogP contribution in [0.5, 0.6) is 0 Å². The van der Waals surface area contributed by atoms with E-state index in [9.17, 15) is 9.18 Å². The van der Waals surface area contributed by atoms with E-state index in [0.717, 1.165) is 11.3 Å². The molecule has 3 aromatic rings. The predicted molar refractivity (Wildman–Crippen MR) is 99.6 cm³/mol. The van der Waals surface area contributed by atoms with Crippen LogP contribution in [0.25, 0.3) is 11.4 Å². The predicted octanol–water partition coefficient (Wildman–Crippen LogP) is 3.35. The lowest BCUT2D eigenvalue weighted by Crippen LogP contribution is -2.23. The second-order valence-corrected chi connectivity index (χ2v) is 5.97. The molecule has 0 aliphatic carbocycles. The summed E-state index contributed by atoms with van der Waals surface area (Å²) in [6.45, 7) is 2.12. The molecule has 0 radical (unpaired) electrons. The fraction of sp³-hybridized carbons (Fsp3) is 0.200. The standard InChI is InChI=1S/C20H19FN4O2/c1-13-10-18(25-19(24-13)15-4-3-9-22-11-15)23-12-17(20(26)27-2)14-5-7-16(21)8-6-14/h3-11,17H,12H2,1-2H3,(H,23,24,25). The van der Waals surface area contributed by atoms with Crippen LogP contribution < -0.4 is 5.32 Å². The van der Waals surface area contributed by atoms with E-state index in [1.165, 1.54) is 19.2 Å². The van der Waals surface area contributed by atoms with Gasteiger partial charge in [0, 0.05) is 36.3 Å². The number of ether oxygens (including phenoxy) is 1. The first-order chi connectivity index (χ1) is 13.1. The number of carbonyl (C=O) groups is 1. The van der Waals surface area contributed by atoms with Gasteiger partial charge in [-0.1, -0.05) is 12.1 Å². The molecule has 27 heavy (non-hydrogen) atoms. The fourth-order valence-corrected chi connectivity index (χ4v) is 2.66. The summed E-state index contributed by atoms with van der Waals surface area (Å²) in [5.74, 6) is -0.234. The number of nitrogens with zero attached hydrogens (tertiary/aromatic N) is 3. The van der Waals surface area contributed by atoms with Gasteiger partial charge in [0.2, 0.25) is 0 Å². The van der Waals surface area contributed by atoms with Crippen molar-refractivity contribution in [2.24, 2.45) is 0 Å². The van der Waals surface area contributed by atoms with Gasteiger partial charge in [0.05, 0.1) is 13.0 Å². The lowest BCUT2D eigenvalue weighted by Gasteiger charge is -2.17. The number of aromatic nitrogens is 3. The van der Waals surface area contributed by atoms with E-state index in [2.05, 4.69) is 20.3 Å². The highest BCUT2D eigenvalue weighted by Crippen LogP contribution is 2.21. The van der Waals surface area contributed by atoms with Gasteiger partial charge in [0.15, 0.2) is 5.82 Å². The molecule has 0 spiro atoms. The van der Waals surface area contributed by atoms with Gasteiger partial charge in [-0.3, -0.25) is 9.78 Å². The Bertz CT molecular complexity index is 917. The Balaban J connectivity index is 1.82. The van der Waals surface area contributed by atoms with Gasteiger partial charge in [-0.15, -0.1) is 0 Å². The van der Waals surface area contributed by atoms with Crippen LogP contribution in [0.1, 0.15) is 17.2 Å². The Morgan fingerprint density at radius 3 is 2.67 bits per heavy atom. The Hall–Kier alpha value is -3.35. The summed E-state index contributed by atoms with van der Waals surface area (Å²) in [5.41, 5.74) is 2.24. The molecule has 2 aromatic heterocycles. The number of benzene rings is 1. The van der Waals surface area contributed by atoms with Crippen LogP contribution in [-0.4, -0.2) is 34.6 Å². The number of anilines is 1. The first-order valence-corrected chi connectivity index (χ1v) is 8.40. The number of hydrogen-bond donors (Lipinski definition) is 1. The van der Waals surface area contributed by atoms with Crippen LogP contribution in [0.2, 0.25) is 0 Å². The quantitative estimate of drug-likeness (QED) is 0.674. The van der Waals surface area contributed by atoms with E-state index in [0.29, 0.717) is 17.2 Å². The third-order valence-electron chi connectivity index (χ3n) is 4.02. The highest BCUT2D eigenvalue weighted by Gasteiger charge is 2.21. The summed E-state index contributed by atoms with van der Waals surface area (Å²) in [4.78, 5) is 25.2. The molecule has 0 aliphatic heterocycles. The smallest absolute Gasteiger partial charge is 0.314 e. The average molecular weight is 366 g/mol. The van der Waals surface area contributed by atoms with E-state index in [4.69, 9.17) is 4.74 Å². The van der Waals surface area contributed by atoms with E-state index in [-0.39, 0.29) is 12.4 Å². The maximum absolute atomic E-state index is 13.2. The SMILES string of the molecule is COC(=O)C(CNc1cc(C)nc(-c2cccnc2)n1)c1ccc(F)cc1. The normalized spacial score (nSPS) is 11.7. The molecule has 0 bridgehead atoms. The van der Waals surface area contributed by atoms with Gasteiger partial charge in [-0.2, -0.15) is 0 Å². The van der Waals surface area contributed by atoms with Gasteiger partial charge in [0.1, 0.15) is 11.6 Å². The monoisotopic (exact) mass is 366 g/mol. The molecule has 0 amide bonds. The minimum Gasteiger partial charge on any atom is -0.468 e. The summed E-state index contributed by atoms with van der Waals surface area (Å²) in [7, 11) is 1.33. The second kappa shape index (κ2) is 8.35. The number of rotatable bonds is 6. The van der Waals surface area contributed by atoms with Crippen molar-refractivity contribution in [1.82, 2.24) is 15.0 Å². The molecule has 0 saturated carbocycles. The molecule has 6 nitrogen and oxygen atoms in total. The van der Waals surface area contributed by atoms with E-state index < -0.39 is 11.9 Å². The van der Waals surface area contributed by atoms with Crippen molar-refractivity contribution < 1.29 is 13.9 Å². The zero-order chi connectivity index (χ0) is 19.2. The van der Waals surface area contributed by atoms with Gasteiger partial charge in [-0.25, -0.2) is 14.4 Å². The maximum atomic E-state index is 13.2. The maximum Gasteiger partial charge on any atom is 0.314 e. The topological polar surface area (TPSA) is 77.0 Å². The summed E-state index contributed by atoms with van der Waals surface area (Å²) >= 11 is 0. The highest BCUT2D eigenvalue weighted by atomic mass is 19.1. The number of halogens is 1. The molecular weight excluding hydrogens is 347 g/mol. The van der Waals surface area contributed by atoms with Crippen molar-refractivity contribution >= 4 is 11.8 Å². The molecule has 1 aromatic carbocycles. The zero-order valence-electron chi connectivity index (χ0n) is 15.0. The van der Waals surface area contributed by atoms with Crippen LogP contribution >= 0.6 is 0 Å². The van der Waals surface area contributed by atoms with Gasteiger partial charge in [0.25, 0.3) is 0 Å². The van der Waals surface area contributed by atoms with Crippen molar-refractivity contribution in [3.63, 3.8) is 0 Å². The average Bonchev–Trinajstić information content (AvgIpc) is 2.69. The molecule has 0 fully saturated rings. The van der Waals surface area contributed by atoms with Gasteiger partial charge in [-0.05, 0) is 36.8 Å². The van der Waals surface area contributed by atoms with Crippen LogP contribution in [0, 0.1) is 12.7 Å². The molecule has 7 heteroatoms. The van der Waals surface area contributed by atoms with Crippen LogP contribution in [-0.2, 0) is 9.53 Å². The largest absolute Gasteiger partial charge is 0.468 e. The first kappa shape index (κ1) is 18.4. The molecule has 1 unspecified atom stereocenters. The minimum absolute atomic E-state index is 0.251. The van der Waals surface area contributed by atoms with Gasteiger partial charge >= 0.3 is 5.97 Å². The lowest BCUT2D eigenvalue weighted by atomic mass is 9.99. The van der Waals surface area contributed by atoms with Crippen LogP contribution in [0.4, 0.5) is 10.2 Å². The number of carbonyl (C=O) groups excluding carboxylic acids is 1. The first-order valence-electron chi connectivity index (χ1n) is 8.40. The summed E-state index contributed by atoms with van der Waals surface area (Å²) in [6, 6.07) is 11.3. The Labute approximate surface area is 156 Å². The number of esters is 1. The second-order valence-electron chi connectivity index (χ2n) is 5.97. The summed E-state index contributed by atoms with van der Waals surface area (Å²) < 4.78 is 18.1. The fourth-order valence-electron chi connectivity index (χ4n) is 2.66. The molecule has 138 valence electrons. The van der Waals surface area contributed by atoms with E-state index >= 15 is 0 Å². The van der Waals surface area contributed by atoms with Crippen molar-refractivity contribution in [2.45, 2.75) is 12.8 Å². The molecule has 0 aliphatic rings. The van der Waals surface area contributed by atoms with Crippen LogP contribution in [0.15, 0.2) is 54.9 Å². The molecular formula is C20H19FN4O2. The molecule has 2 heterocycles. The Kier molecular flexibility index (Phi) is 5.71. The zero-order valence-corrected chi connectivity index (χ0v) is 15.0. The van der Waals surface area contributed by atoms with Crippen molar-refractivity contribution in [1.29, 1.82) is 0 Å². The summed E-state index contributed by atoms with van der Waals surface area (Å²) in [6.07, 6.45) is 3.37. The Morgan fingerprint density at radius 1 is 1.22 bits per heavy atom. The number of methoxy groups -OCH3 is 1. The van der Waals surface area contributed by atoms with E-state index in [1.807, 2.05) is 19.1 Å². The molecule has 1 atom stereocenters. The van der Waals surface area contributed by atoms with Gasteiger partial charge < -0.3 is 10.1 Å². The van der Waals surface area contributed by atoms with E-state index in [1.54, 1.807) is 30.6 Å². The summed E-state index contributed by atoms with van der Waals surface area (Å²) in [5, 5.41) is 3.16. The van der Waals surface area contributed by atoms with Crippen LogP contribution in [0.3, 0.4) is 0 Å².